The highest BCUT2D eigenvalue weighted by atomic mass is 79.9. The van der Waals surface area contributed by atoms with Crippen LogP contribution in [0.3, 0.4) is 0 Å². The maximum atomic E-state index is 13.4. The normalized spacial score (nSPS) is 12.4. The molecule has 2 rings (SSSR count). The summed E-state index contributed by atoms with van der Waals surface area (Å²) in [6, 6.07) is 6.76. The van der Waals surface area contributed by atoms with E-state index < -0.39 is 0 Å². The Hall–Kier alpha value is -1.33. The molecule has 0 aliphatic rings. The van der Waals surface area contributed by atoms with Crippen LogP contribution < -0.4 is 5.32 Å². The Morgan fingerprint density at radius 1 is 1.28 bits per heavy atom. The molecular weight excluding hydrogens is 297 g/mol. The minimum absolute atomic E-state index is 0.0377. The lowest BCUT2D eigenvalue weighted by Gasteiger charge is -2.15. The molecular formula is C13H13BrFN3. The van der Waals surface area contributed by atoms with Gasteiger partial charge in [0.05, 0.1) is 10.5 Å². The fraction of sp³-hybridized carbons (Fsp3) is 0.231. The third-order valence-corrected chi connectivity index (χ3v) is 3.59. The van der Waals surface area contributed by atoms with Gasteiger partial charge in [-0.3, -0.25) is 0 Å². The second-order valence-electron chi connectivity index (χ2n) is 3.87. The van der Waals surface area contributed by atoms with Crippen LogP contribution in [0.1, 0.15) is 17.4 Å². The molecule has 5 heteroatoms. The Balaban J connectivity index is 2.24. The Morgan fingerprint density at radius 3 is 2.67 bits per heavy atom. The zero-order valence-electron chi connectivity index (χ0n) is 9.90. The maximum absolute atomic E-state index is 13.4. The SMILES string of the molecule is CNC(Cc1cccc(F)c1Br)c1ncccn1. The van der Waals surface area contributed by atoms with Crippen LogP contribution in [0.15, 0.2) is 41.1 Å². The fourth-order valence-electron chi connectivity index (χ4n) is 1.74. The summed E-state index contributed by atoms with van der Waals surface area (Å²) in [6.45, 7) is 0. The highest BCUT2D eigenvalue weighted by Gasteiger charge is 2.15. The largest absolute Gasteiger partial charge is 0.310 e. The number of likely N-dealkylation sites (N-methyl/N-ethyl adjacent to an activating group) is 1. The average Bonchev–Trinajstić information content (AvgIpc) is 2.41. The molecule has 18 heavy (non-hydrogen) atoms. The number of aromatic nitrogens is 2. The molecule has 0 bridgehead atoms. The number of benzene rings is 1. The van der Waals surface area contributed by atoms with Crippen LogP contribution in [-0.2, 0) is 6.42 Å². The molecule has 1 heterocycles. The third-order valence-electron chi connectivity index (χ3n) is 2.70. The maximum Gasteiger partial charge on any atom is 0.145 e. The zero-order valence-corrected chi connectivity index (χ0v) is 11.5. The van der Waals surface area contributed by atoms with Gasteiger partial charge in [-0.25, -0.2) is 14.4 Å². The predicted octanol–water partition coefficient (Wildman–Crippen LogP) is 2.88. The predicted molar refractivity (Wildman–Crippen MR) is 71.6 cm³/mol. The molecule has 1 aromatic carbocycles. The zero-order chi connectivity index (χ0) is 13.0. The van der Waals surface area contributed by atoms with E-state index in [1.165, 1.54) is 6.07 Å². The number of halogens is 2. The van der Waals surface area contributed by atoms with Crippen molar-refractivity contribution < 1.29 is 4.39 Å². The summed E-state index contributed by atoms with van der Waals surface area (Å²) in [6.07, 6.45) is 4.03. The first-order chi connectivity index (χ1) is 8.72. The van der Waals surface area contributed by atoms with Crippen LogP contribution in [0.25, 0.3) is 0 Å². The number of hydrogen-bond donors (Lipinski definition) is 1. The minimum Gasteiger partial charge on any atom is -0.310 e. The van der Waals surface area contributed by atoms with Crippen LogP contribution in [0.4, 0.5) is 4.39 Å². The highest BCUT2D eigenvalue weighted by Crippen LogP contribution is 2.24. The molecule has 0 saturated carbocycles. The van der Waals surface area contributed by atoms with Gasteiger partial charge in [-0.15, -0.1) is 0 Å². The van der Waals surface area contributed by atoms with Crippen molar-refractivity contribution >= 4 is 15.9 Å². The summed E-state index contributed by atoms with van der Waals surface area (Å²) in [7, 11) is 1.84. The Labute approximate surface area is 114 Å². The first-order valence-electron chi connectivity index (χ1n) is 5.59. The monoisotopic (exact) mass is 309 g/mol. The molecule has 0 fully saturated rings. The second-order valence-corrected chi connectivity index (χ2v) is 4.66. The van der Waals surface area contributed by atoms with Crippen molar-refractivity contribution in [3.8, 4) is 0 Å². The van der Waals surface area contributed by atoms with Crippen molar-refractivity contribution in [3.05, 3.63) is 58.3 Å². The summed E-state index contributed by atoms with van der Waals surface area (Å²) in [4.78, 5) is 8.43. The van der Waals surface area contributed by atoms with E-state index in [9.17, 15) is 4.39 Å². The first kappa shape index (κ1) is 13.1. The van der Waals surface area contributed by atoms with Gasteiger partial charge in [0, 0.05) is 12.4 Å². The Kier molecular flexibility index (Phi) is 4.38. The fourth-order valence-corrected chi connectivity index (χ4v) is 2.17. The molecule has 1 aromatic heterocycles. The first-order valence-corrected chi connectivity index (χ1v) is 6.38. The van der Waals surface area contributed by atoms with Gasteiger partial charge in [-0.1, -0.05) is 12.1 Å². The lowest BCUT2D eigenvalue weighted by molar-refractivity contribution is 0.551. The molecule has 0 aliphatic heterocycles. The Morgan fingerprint density at radius 2 is 2.00 bits per heavy atom. The number of rotatable bonds is 4. The summed E-state index contributed by atoms with van der Waals surface area (Å²) in [5.41, 5.74) is 0.891. The molecule has 1 unspecified atom stereocenters. The lowest BCUT2D eigenvalue weighted by atomic mass is 10.1. The molecule has 94 valence electrons. The van der Waals surface area contributed by atoms with Crippen LogP contribution >= 0.6 is 15.9 Å². The van der Waals surface area contributed by atoms with E-state index in [0.29, 0.717) is 16.7 Å². The van der Waals surface area contributed by atoms with Gasteiger partial charge < -0.3 is 5.32 Å². The van der Waals surface area contributed by atoms with Gasteiger partial charge in [0.15, 0.2) is 0 Å². The standard InChI is InChI=1S/C13H13BrFN3/c1-16-11(13-17-6-3-7-18-13)8-9-4-2-5-10(15)12(9)14/h2-7,11,16H,8H2,1H3. The van der Waals surface area contributed by atoms with Crippen molar-refractivity contribution in [2.45, 2.75) is 12.5 Å². The van der Waals surface area contributed by atoms with E-state index >= 15 is 0 Å². The van der Waals surface area contributed by atoms with Gasteiger partial charge in [0.2, 0.25) is 0 Å². The molecule has 0 amide bonds. The van der Waals surface area contributed by atoms with Crippen molar-refractivity contribution in [1.29, 1.82) is 0 Å². The molecule has 0 spiro atoms. The number of hydrogen-bond acceptors (Lipinski definition) is 3. The smallest absolute Gasteiger partial charge is 0.145 e. The number of nitrogens with zero attached hydrogens (tertiary/aromatic N) is 2. The molecule has 1 N–H and O–H groups in total. The van der Waals surface area contributed by atoms with Crippen molar-refractivity contribution in [1.82, 2.24) is 15.3 Å². The second kappa shape index (κ2) is 6.02. The topological polar surface area (TPSA) is 37.8 Å². The summed E-state index contributed by atoms with van der Waals surface area (Å²) < 4.78 is 13.9. The minimum atomic E-state index is -0.253. The van der Waals surface area contributed by atoms with Gasteiger partial charge >= 0.3 is 0 Å². The summed E-state index contributed by atoms with van der Waals surface area (Å²) in [5.74, 6) is 0.451. The molecule has 3 nitrogen and oxygen atoms in total. The van der Waals surface area contributed by atoms with E-state index in [-0.39, 0.29) is 11.9 Å². The molecule has 0 saturated heterocycles. The molecule has 1 atom stereocenters. The van der Waals surface area contributed by atoms with E-state index in [1.807, 2.05) is 13.1 Å². The van der Waals surface area contributed by atoms with Crippen LogP contribution in [-0.4, -0.2) is 17.0 Å². The van der Waals surface area contributed by atoms with E-state index in [2.05, 4.69) is 31.2 Å². The number of nitrogens with one attached hydrogen (secondary N) is 1. The van der Waals surface area contributed by atoms with E-state index in [4.69, 9.17) is 0 Å². The average molecular weight is 310 g/mol. The van der Waals surface area contributed by atoms with Gasteiger partial charge in [-0.2, -0.15) is 0 Å². The van der Waals surface area contributed by atoms with Crippen molar-refractivity contribution in [3.63, 3.8) is 0 Å². The summed E-state index contributed by atoms with van der Waals surface area (Å²) >= 11 is 3.27. The molecule has 2 aromatic rings. The van der Waals surface area contributed by atoms with E-state index in [1.54, 1.807) is 24.5 Å². The van der Waals surface area contributed by atoms with Crippen LogP contribution in [0, 0.1) is 5.82 Å². The van der Waals surface area contributed by atoms with Crippen molar-refractivity contribution in [2.24, 2.45) is 0 Å². The van der Waals surface area contributed by atoms with Gasteiger partial charge in [-0.05, 0) is 47.1 Å². The van der Waals surface area contributed by atoms with Gasteiger partial charge in [0.25, 0.3) is 0 Å². The molecule has 0 radical (unpaired) electrons. The van der Waals surface area contributed by atoms with Crippen LogP contribution in [0.5, 0.6) is 0 Å². The van der Waals surface area contributed by atoms with Crippen LogP contribution in [0.2, 0.25) is 0 Å². The lowest BCUT2D eigenvalue weighted by Crippen LogP contribution is -2.21. The van der Waals surface area contributed by atoms with Crippen molar-refractivity contribution in [2.75, 3.05) is 7.05 Å². The highest BCUT2D eigenvalue weighted by molar-refractivity contribution is 9.10. The molecule has 0 aliphatic carbocycles. The van der Waals surface area contributed by atoms with Gasteiger partial charge in [0.1, 0.15) is 11.6 Å². The quantitative estimate of drug-likeness (QED) is 0.943. The Bertz CT molecular complexity index is 519. The summed E-state index contributed by atoms with van der Waals surface area (Å²) in [5, 5.41) is 3.15. The third kappa shape index (κ3) is 2.91. The van der Waals surface area contributed by atoms with E-state index in [0.717, 1.165) is 5.56 Å².